The number of ether oxygens (including phenoxy) is 2. The molecule has 0 radical (unpaired) electrons. The zero-order valence-electron chi connectivity index (χ0n) is 17.3. The van der Waals surface area contributed by atoms with E-state index in [9.17, 15) is 14.4 Å². The predicted octanol–water partition coefficient (Wildman–Crippen LogP) is 3.06. The molecule has 1 aliphatic rings. The van der Waals surface area contributed by atoms with Gasteiger partial charge in [-0.1, -0.05) is 29.8 Å². The molecule has 0 aliphatic carbocycles. The molecule has 1 fully saturated rings. The van der Waals surface area contributed by atoms with Gasteiger partial charge in [0.25, 0.3) is 5.91 Å². The number of amides is 2. The van der Waals surface area contributed by atoms with E-state index in [1.54, 1.807) is 36.1 Å². The Balaban J connectivity index is 1.51. The van der Waals surface area contributed by atoms with E-state index in [4.69, 9.17) is 9.47 Å². The molecule has 1 saturated heterocycles. The van der Waals surface area contributed by atoms with Crippen molar-refractivity contribution in [1.29, 1.82) is 0 Å². The van der Waals surface area contributed by atoms with Crippen LogP contribution >= 0.6 is 0 Å². The molecule has 0 unspecified atom stereocenters. The second-order valence-electron chi connectivity index (χ2n) is 7.15. The minimum absolute atomic E-state index is 0.0770. The third kappa shape index (κ3) is 5.59. The number of piperazine rings is 1. The molecule has 0 saturated carbocycles. The number of benzene rings is 2. The summed E-state index contributed by atoms with van der Waals surface area (Å²) in [6, 6.07) is 14.3. The summed E-state index contributed by atoms with van der Waals surface area (Å²) in [7, 11) is 0. The number of carbonyl (C=O) groups is 3. The van der Waals surface area contributed by atoms with Gasteiger partial charge in [-0.2, -0.15) is 0 Å². The molecule has 0 bridgehead atoms. The van der Waals surface area contributed by atoms with Crippen molar-refractivity contribution in [3.63, 3.8) is 0 Å². The maximum atomic E-state index is 12.7. The molecule has 158 valence electrons. The Morgan fingerprint density at radius 1 is 0.933 bits per heavy atom. The standard InChI is InChI=1S/C23H26N2O5/c1-3-29-23(28)30-20-9-7-19(8-10-20)22(27)25-13-11-24(12-14-25)21(26)16-18-6-4-5-17(2)15-18/h4-10,15H,3,11-14,16H2,1-2H3. The van der Waals surface area contributed by atoms with E-state index < -0.39 is 6.16 Å². The van der Waals surface area contributed by atoms with Crippen molar-refractivity contribution in [1.82, 2.24) is 9.80 Å². The highest BCUT2D eigenvalue weighted by atomic mass is 16.7. The molecule has 3 rings (SSSR count). The summed E-state index contributed by atoms with van der Waals surface area (Å²) in [5.41, 5.74) is 2.64. The number of aryl methyl sites for hydroxylation is 1. The normalized spacial score (nSPS) is 13.7. The summed E-state index contributed by atoms with van der Waals surface area (Å²) >= 11 is 0. The molecule has 2 aromatic carbocycles. The Kier molecular flexibility index (Phi) is 7.06. The van der Waals surface area contributed by atoms with Crippen molar-refractivity contribution >= 4 is 18.0 Å². The van der Waals surface area contributed by atoms with Gasteiger partial charge < -0.3 is 19.3 Å². The molecular weight excluding hydrogens is 384 g/mol. The fourth-order valence-corrected chi connectivity index (χ4v) is 3.36. The maximum Gasteiger partial charge on any atom is 0.513 e. The Labute approximate surface area is 176 Å². The van der Waals surface area contributed by atoms with E-state index >= 15 is 0 Å². The molecule has 0 spiro atoms. The smallest absolute Gasteiger partial charge is 0.434 e. The zero-order valence-corrected chi connectivity index (χ0v) is 17.3. The second kappa shape index (κ2) is 9.91. The SMILES string of the molecule is CCOC(=O)Oc1ccc(C(=O)N2CCN(C(=O)Cc3cccc(C)c3)CC2)cc1. The molecule has 30 heavy (non-hydrogen) atoms. The van der Waals surface area contributed by atoms with Gasteiger partial charge >= 0.3 is 6.16 Å². The quantitative estimate of drug-likeness (QED) is 0.559. The molecule has 7 heteroatoms. The Bertz CT molecular complexity index is 902. The van der Waals surface area contributed by atoms with Gasteiger partial charge in [0.2, 0.25) is 5.91 Å². The summed E-state index contributed by atoms with van der Waals surface area (Å²) < 4.78 is 9.72. The van der Waals surface area contributed by atoms with Crippen LogP contribution in [0.3, 0.4) is 0 Å². The largest absolute Gasteiger partial charge is 0.513 e. The van der Waals surface area contributed by atoms with Crippen molar-refractivity contribution in [2.75, 3.05) is 32.8 Å². The summed E-state index contributed by atoms with van der Waals surface area (Å²) in [5.74, 6) is 0.285. The summed E-state index contributed by atoms with van der Waals surface area (Å²) in [6.07, 6.45) is -0.402. The van der Waals surface area contributed by atoms with Crippen LogP contribution in [0.5, 0.6) is 5.75 Å². The van der Waals surface area contributed by atoms with Crippen molar-refractivity contribution in [2.24, 2.45) is 0 Å². The van der Waals surface area contributed by atoms with Crippen molar-refractivity contribution < 1.29 is 23.9 Å². The lowest BCUT2D eigenvalue weighted by molar-refractivity contribution is -0.131. The number of hydrogen-bond donors (Lipinski definition) is 0. The van der Waals surface area contributed by atoms with E-state index in [2.05, 4.69) is 0 Å². The van der Waals surface area contributed by atoms with Crippen LogP contribution in [0.25, 0.3) is 0 Å². The molecule has 2 amide bonds. The highest BCUT2D eigenvalue weighted by Gasteiger charge is 2.25. The van der Waals surface area contributed by atoms with Gasteiger partial charge in [0.15, 0.2) is 0 Å². The van der Waals surface area contributed by atoms with Crippen LogP contribution < -0.4 is 4.74 Å². The molecule has 1 heterocycles. The van der Waals surface area contributed by atoms with Gasteiger partial charge in [-0.15, -0.1) is 0 Å². The van der Waals surface area contributed by atoms with Crippen LogP contribution in [0.15, 0.2) is 48.5 Å². The first-order chi connectivity index (χ1) is 14.5. The summed E-state index contributed by atoms with van der Waals surface area (Å²) in [4.78, 5) is 40.2. The molecule has 0 atom stereocenters. The van der Waals surface area contributed by atoms with Crippen LogP contribution in [0.2, 0.25) is 0 Å². The second-order valence-corrected chi connectivity index (χ2v) is 7.15. The number of carbonyl (C=O) groups excluding carboxylic acids is 3. The monoisotopic (exact) mass is 410 g/mol. The lowest BCUT2D eigenvalue weighted by atomic mass is 10.1. The van der Waals surface area contributed by atoms with Gasteiger partial charge in [-0.3, -0.25) is 9.59 Å². The fourth-order valence-electron chi connectivity index (χ4n) is 3.36. The van der Waals surface area contributed by atoms with Gasteiger partial charge in [-0.05, 0) is 43.7 Å². The highest BCUT2D eigenvalue weighted by Crippen LogP contribution is 2.16. The van der Waals surface area contributed by atoms with Gasteiger partial charge in [0.05, 0.1) is 13.0 Å². The van der Waals surface area contributed by atoms with Crippen LogP contribution in [-0.4, -0.2) is 60.6 Å². The first-order valence-corrected chi connectivity index (χ1v) is 10.0. The maximum absolute atomic E-state index is 12.7. The van der Waals surface area contributed by atoms with Crippen LogP contribution in [0.4, 0.5) is 4.79 Å². The third-order valence-electron chi connectivity index (χ3n) is 4.92. The molecule has 1 aliphatic heterocycles. The Morgan fingerprint density at radius 3 is 2.23 bits per heavy atom. The van der Waals surface area contributed by atoms with Crippen molar-refractivity contribution in [2.45, 2.75) is 20.3 Å². The van der Waals surface area contributed by atoms with Crippen LogP contribution in [0.1, 0.15) is 28.4 Å². The average Bonchev–Trinajstić information content (AvgIpc) is 2.74. The molecule has 0 N–H and O–H groups in total. The zero-order chi connectivity index (χ0) is 21.5. The first kappa shape index (κ1) is 21.4. The van der Waals surface area contributed by atoms with E-state index in [1.807, 2.05) is 36.1 Å². The minimum atomic E-state index is -0.775. The van der Waals surface area contributed by atoms with E-state index in [-0.39, 0.29) is 18.4 Å². The van der Waals surface area contributed by atoms with Gasteiger partial charge in [0.1, 0.15) is 5.75 Å². The molecule has 2 aromatic rings. The van der Waals surface area contributed by atoms with Crippen molar-refractivity contribution in [3.05, 3.63) is 65.2 Å². The number of hydrogen-bond acceptors (Lipinski definition) is 5. The van der Waals surface area contributed by atoms with E-state index in [1.165, 1.54) is 0 Å². The van der Waals surface area contributed by atoms with Crippen LogP contribution in [-0.2, 0) is 16.0 Å². The lowest BCUT2D eigenvalue weighted by Gasteiger charge is -2.35. The third-order valence-corrected chi connectivity index (χ3v) is 4.92. The number of rotatable bonds is 5. The van der Waals surface area contributed by atoms with Crippen molar-refractivity contribution in [3.8, 4) is 5.75 Å². The fraction of sp³-hybridized carbons (Fsp3) is 0.348. The summed E-state index contributed by atoms with van der Waals surface area (Å²) in [6.45, 7) is 5.93. The lowest BCUT2D eigenvalue weighted by Crippen LogP contribution is -2.51. The Morgan fingerprint density at radius 2 is 1.60 bits per heavy atom. The van der Waals surface area contributed by atoms with Gasteiger partial charge in [-0.25, -0.2) is 4.79 Å². The molecular formula is C23H26N2O5. The minimum Gasteiger partial charge on any atom is -0.434 e. The topological polar surface area (TPSA) is 76.2 Å². The number of nitrogens with zero attached hydrogens (tertiary/aromatic N) is 2. The van der Waals surface area contributed by atoms with E-state index in [0.717, 1.165) is 11.1 Å². The molecule has 7 nitrogen and oxygen atoms in total. The summed E-state index contributed by atoms with van der Waals surface area (Å²) in [5, 5.41) is 0. The van der Waals surface area contributed by atoms with E-state index in [0.29, 0.717) is 43.9 Å². The predicted molar refractivity (Wildman–Crippen MR) is 111 cm³/mol. The van der Waals surface area contributed by atoms with Crippen LogP contribution in [0, 0.1) is 6.92 Å². The van der Waals surface area contributed by atoms with Gasteiger partial charge in [0, 0.05) is 31.7 Å². The first-order valence-electron chi connectivity index (χ1n) is 10.0. The molecule has 0 aromatic heterocycles. The highest BCUT2D eigenvalue weighted by molar-refractivity contribution is 5.94. The Hall–Kier alpha value is -3.35. The average molecular weight is 410 g/mol.